The zero-order valence-corrected chi connectivity index (χ0v) is 30.8. The van der Waals surface area contributed by atoms with Crippen LogP contribution in [0.5, 0.6) is 0 Å². The molecule has 0 heterocycles. The highest BCUT2D eigenvalue weighted by atomic mass is 16.5. The minimum absolute atomic E-state index is 0.119. The molecule has 4 aromatic rings. The van der Waals surface area contributed by atoms with E-state index in [4.69, 9.17) is 9.47 Å². The number of carbonyl (C=O) groups excluding carboxylic acids is 3. The Morgan fingerprint density at radius 1 is 0.843 bits per heavy atom. The van der Waals surface area contributed by atoms with Crippen LogP contribution in [0.2, 0.25) is 0 Å². The van der Waals surface area contributed by atoms with Gasteiger partial charge in [0.2, 0.25) is 5.78 Å². The molecule has 6 nitrogen and oxygen atoms in total. The normalized spacial score (nSPS) is 33.8. The Balaban J connectivity index is 0.944. The molecule has 4 aromatic carbocycles. The predicted molar refractivity (Wildman–Crippen MR) is 201 cm³/mol. The van der Waals surface area contributed by atoms with E-state index < -0.39 is 0 Å². The summed E-state index contributed by atoms with van der Waals surface area (Å²) < 4.78 is 12.1. The van der Waals surface area contributed by atoms with Crippen LogP contribution in [0.3, 0.4) is 0 Å². The van der Waals surface area contributed by atoms with Crippen molar-refractivity contribution in [3.63, 3.8) is 0 Å². The molecule has 0 unspecified atom stereocenters. The molecule has 4 aliphatic rings. The topological polar surface area (TPSA) is 89.9 Å². The van der Waals surface area contributed by atoms with Gasteiger partial charge in [0.1, 0.15) is 6.10 Å². The third kappa shape index (κ3) is 5.66. The van der Waals surface area contributed by atoms with Gasteiger partial charge >= 0.3 is 11.9 Å². The summed E-state index contributed by atoms with van der Waals surface area (Å²) in [4.78, 5) is 39.6. The van der Waals surface area contributed by atoms with Gasteiger partial charge in [0.25, 0.3) is 0 Å². The van der Waals surface area contributed by atoms with Crippen LogP contribution < -0.4 is 0 Å². The Bertz CT molecular complexity index is 1950. The minimum Gasteiger partial charge on any atom is -0.462 e. The van der Waals surface area contributed by atoms with E-state index in [1.807, 2.05) is 25.1 Å². The fraction of sp³-hybridized carbons (Fsp3) is 0.578. The molecule has 0 aliphatic heterocycles. The van der Waals surface area contributed by atoms with Crippen molar-refractivity contribution in [3.8, 4) is 0 Å². The molecule has 0 aromatic heterocycles. The first-order valence-electron chi connectivity index (χ1n) is 19.8. The average molecular weight is 691 g/mol. The van der Waals surface area contributed by atoms with Crippen molar-refractivity contribution >= 4 is 50.0 Å². The minimum atomic E-state index is -0.337. The Kier molecular flexibility index (Phi) is 8.92. The van der Waals surface area contributed by atoms with E-state index in [1.165, 1.54) is 12.8 Å². The number of ketones is 1. The van der Waals surface area contributed by atoms with Gasteiger partial charge in [-0.1, -0.05) is 82.3 Å². The molecule has 4 aliphatic carbocycles. The third-order valence-electron chi connectivity index (χ3n) is 15.0. The number of hydrogen-bond acceptors (Lipinski definition) is 6. The van der Waals surface area contributed by atoms with Gasteiger partial charge in [-0.3, -0.25) is 14.4 Å². The second-order valence-electron chi connectivity index (χ2n) is 17.3. The van der Waals surface area contributed by atoms with Crippen LogP contribution >= 0.6 is 0 Å². The number of hydrogen-bond donors (Lipinski definition) is 1. The number of esters is 2. The van der Waals surface area contributed by atoms with E-state index in [0.717, 1.165) is 70.8 Å². The van der Waals surface area contributed by atoms with Gasteiger partial charge in [-0.25, -0.2) is 0 Å². The Hall–Kier alpha value is -3.51. The molecular weight excluding hydrogens is 636 g/mol. The van der Waals surface area contributed by atoms with Gasteiger partial charge in [0.15, 0.2) is 6.61 Å². The van der Waals surface area contributed by atoms with E-state index in [1.54, 1.807) is 0 Å². The number of benzene rings is 4. The summed E-state index contributed by atoms with van der Waals surface area (Å²) in [5, 5.41) is 17.0. The van der Waals surface area contributed by atoms with E-state index in [9.17, 15) is 19.5 Å². The molecule has 10 atom stereocenters. The van der Waals surface area contributed by atoms with Crippen LogP contribution in [0.4, 0.5) is 0 Å². The summed E-state index contributed by atoms with van der Waals surface area (Å²) >= 11 is 0. The number of aliphatic hydroxyl groups is 1. The number of fused-ring (bicyclic) bond motifs is 5. The highest BCUT2D eigenvalue weighted by Gasteiger charge is 2.65. The molecule has 0 spiro atoms. The van der Waals surface area contributed by atoms with Gasteiger partial charge in [0, 0.05) is 23.8 Å². The maximum Gasteiger partial charge on any atom is 0.306 e. The summed E-state index contributed by atoms with van der Waals surface area (Å²) in [7, 11) is 0. The summed E-state index contributed by atoms with van der Waals surface area (Å²) in [6.07, 6.45) is 9.31. The van der Waals surface area contributed by atoms with Crippen molar-refractivity contribution in [2.24, 2.45) is 46.3 Å². The summed E-state index contributed by atoms with van der Waals surface area (Å²) in [5.74, 6) is 2.08. The van der Waals surface area contributed by atoms with Crippen molar-refractivity contribution in [2.45, 2.75) is 111 Å². The van der Waals surface area contributed by atoms with Gasteiger partial charge in [-0.05, 0) is 131 Å². The van der Waals surface area contributed by atoms with Crippen molar-refractivity contribution < 1.29 is 29.0 Å². The zero-order valence-electron chi connectivity index (χ0n) is 30.8. The van der Waals surface area contributed by atoms with Crippen LogP contribution in [0.15, 0.2) is 54.6 Å². The van der Waals surface area contributed by atoms with Gasteiger partial charge in [-0.15, -0.1) is 0 Å². The Morgan fingerprint density at radius 3 is 2.33 bits per heavy atom. The fourth-order valence-corrected chi connectivity index (χ4v) is 12.4. The highest BCUT2D eigenvalue weighted by molar-refractivity contribution is 6.26. The predicted octanol–water partition coefficient (Wildman–Crippen LogP) is 9.68. The second kappa shape index (κ2) is 13.2. The molecule has 8 rings (SSSR count). The largest absolute Gasteiger partial charge is 0.462 e. The maximum absolute atomic E-state index is 13.5. The third-order valence-corrected chi connectivity index (χ3v) is 15.0. The molecule has 1 N–H and O–H groups in total. The summed E-state index contributed by atoms with van der Waals surface area (Å²) in [6, 6.07) is 18.4. The zero-order chi connectivity index (χ0) is 35.7. The van der Waals surface area contributed by atoms with E-state index in [-0.39, 0.29) is 59.7 Å². The van der Waals surface area contributed by atoms with Gasteiger partial charge < -0.3 is 14.6 Å². The molecular formula is C45H54O6. The maximum atomic E-state index is 13.5. The van der Waals surface area contributed by atoms with E-state index >= 15 is 0 Å². The first kappa shape index (κ1) is 34.6. The molecule has 4 fully saturated rings. The molecule has 0 bridgehead atoms. The van der Waals surface area contributed by atoms with Gasteiger partial charge in [0.05, 0.1) is 6.10 Å². The van der Waals surface area contributed by atoms with Crippen LogP contribution in [0, 0.1) is 46.3 Å². The Labute approximate surface area is 302 Å². The molecule has 0 amide bonds. The summed E-state index contributed by atoms with van der Waals surface area (Å²) in [6.45, 7) is 8.73. The number of aliphatic hydroxyl groups excluding tert-OH is 1. The van der Waals surface area contributed by atoms with Crippen LogP contribution in [-0.4, -0.2) is 41.6 Å². The number of rotatable bonds is 9. The van der Waals surface area contributed by atoms with Crippen LogP contribution in [0.1, 0.15) is 109 Å². The number of ether oxygens (including phenoxy) is 2. The van der Waals surface area contributed by atoms with Crippen molar-refractivity contribution in [1.82, 2.24) is 0 Å². The lowest BCUT2D eigenvalue weighted by Crippen LogP contribution is -2.59. The standard InChI is InChI=1S/C45H54O6/c1-5-40(48)51-39-24-37-34(17-14-30-23-31(46)21-22-44(30,37)3)36-19-18-35(45(36,39)4)26(2)9-20-41(49)50-25-38(47)32-15-12-29-11-10-27-7-6-8-28-13-16-33(32)43(29)42(27)28/h6-8,10-13,15-16,26,30-31,34-37,39,46H,5,9,14,17-25H2,1-4H3/t26-,30-,31-,34+,35-,36+,37+,39+,44+,45-/m1/s1. The average Bonchev–Trinajstić information content (AvgIpc) is 3.50. The molecule has 4 saturated carbocycles. The van der Waals surface area contributed by atoms with Crippen LogP contribution in [-0.2, 0) is 19.1 Å². The van der Waals surface area contributed by atoms with Crippen molar-refractivity contribution in [1.29, 1.82) is 0 Å². The lowest BCUT2D eigenvalue weighted by molar-refractivity contribution is -0.197. The van der Waals surface area contributed by atoms with E-state index in [0.29, 0.717) is 48.0 Å². The Morgan fingerprint density at radius 2 is 1.57 bits per heavy atom. The lowest BCUT2D eigenvalue weighted by Gasteiger charge is -2.62. The van der Waals surface area contributed by atoms with Gasteiger partial charge in [-0.2, -0.15) is 0 Å². The number of Topliss-reactive ketones (excluding diaryl/α,β-unsaturated/α-hetero) is 1. The first-order valence-corrected chi connectivity index (χ1v) is 19.8. The second-order valence-corrected chi connectivity index (χ2v) is 17.3. The van der Waals surface area contributed by atoms with Crippen molar-refractivity contribution in [2.75, 3.05) is 6.61 Å². The lowest BCUT2D eigenvalue weighted by atomic mass is 9.43. The quantitative estimate of drug-likeness (QED) is 0.107. The molecule has 51 heavy (non-hydrogen) atoms. The van der Waals surface area contributed by atoms with Crippen LogP contribution in [0.25, 0.3) is 32.3 Å². The summed E-state index contributed by atoms with van der Waals surface area (Å²) in [5.41, 5.74) is 0.628. The molecule has 0 radical (unpaired) electrons. The SMILES string of the molecule is CCC(=O)O[C@H]1C[C@H]2[C@@H](CC[C@@H]3C[C@H](O)CC[C@@]32C)[C@@H]2CC[C@H]([C@H](C)CCC(=O)OCC(=O)c3ccc4ccc5cccc6ccc3c4c56)[C@@]12C. The highest BCUT2D eigenvalue weighted by Crippen LogP contribution is 2.69. The molecule has 0 saturated heterocycles. The molecule has 270 valence electrons. The smallest absolute Gasteiger partial charge is 0.306 e. The first-order chi connectivity index (χ1) is 24.5. The monoisotopic (exact) mass is 690 g/mol. The molecule has 6 heteroatoms. The van der Waals surface area contributed by atoms with Crippen molar-refractivity contribution in [3.05, 3.63) is 60.2 Å². The fourth-order valence-electron chi connectivity index (χ4n) is 12.4. The van der Waals surface area contributed by atoms with E-state index in [2.05, 4.69) is 57.2 Å². The number of carbonyl (C=O) groups is 3.